The van der Waals surface area contributed by atoms with Gasteiger partial charge in [0.2, 0.25) is 0 Å². The Morgan fingerprint density at radius 1 is 1.69 bits per heavy atom. The molecule has 1 saturated heterocycles. The number of aliphatic hydroxyl groups excluding tert-OH is 1. The molecule has 4 heteroatoms. The van der Waals surface area contributed by atoms with E-state index < -0.39 is 5.97 Å². The second-order valence-electron chi connectivity index (χ2n) is 3.79. The van der Waals surface area contributed by atoms with Crippen molar-refractivity contribution in [2.45, 2.75) is 25.9 Å². The van der Waals surface area contributed by atoms with Crippen LogP contribution < -0.4 is 0 Å². The molecule has 0 bridgehead atoms. The average molecular weight is 187 g/mol. The Kier molecular flexibility index (Phi) is 3.69. The molecule has 13 heavy (non-hydrogen) atoms. The van der Waals surface area contributed by atoms with Crippen LogP contribution in [0.5, 0.6) is 0 Å². The number of hydrogen-bond acceptors (Lipinski definition) is 3. The Hall–Kier alpha value is -0.610. The highest BCUT2D eigenvalue weighted by Crippen LogP contribution is 2.16. The molecule has 76 valence electrons. The SMILES string of the molecule is C[C@H](O)CN1CCC[C@H](C(=O)O)C1. The van der Waals surface area contributed by atoms with Crippen molar-refractivity contribution < 1.29 is 15.0 Å². The van der Waals surface area contributed by atoms with Crippen LogP contribution in [0.1, 0.15) is 19.8 Å². The monoisotopic (exact) mass is 187 g/mol. The zero-order chi connectivity index (χ0) is 9.84. The van der Waals surface area contributed by atoms with E-state index in [1.807, 2.05) is 4.90 Å². The number of carboxylic acids is 1. The predicted molar refractivity (Wildman–Crippen MR) is 48.5 cm³/mol. The first-order valence-electron chi connectivity index (χ1n) is 4.73. The number of nitrogens with zero attached hydrogens (tertiary/aromatic N) is 1. The summed E-state index contributed by atoms with van der Waals surface area (Å²) in [5.74, 6) is -0.956. The summed E-state index contributed by atoms with van der Waals surface area (Å²) in [6, 6.07) is 0. The zero-order valence-corrected chi connectivity index (χ0v) is 7.94. The second kappa shape index (κ2) is 4.58. The fraction of sp³-hybridized carbons (Fsp3) is 0.889. The molecule has 0 amide bonds. The molecule has 0 spiro atoms. The third-order valence-electron chi connectivity index (χ3n) is 2.38. The largest absolute Gasteiger partial charge is 0.481 e. The van der Waals surface area contributed by atoms with Gasteiger partial charge in [-0.15, -0.1) is 0 Å². The molecule has 0 saturated carbocycles. The summed E-state index contributed by atoms with van der Waals surface area (Å²) in [5.41, 5.74) is 0. The molecule has 1 heterocycles. The first-order chi connectivity index (χ1) is 6.09. The second-order valence-corrected chi connectivity index (χ2v) is 3.79. The average Bonchev–Trinajstić information content (AvgIpc) is 2.03. The summed E-state index contributed by atoms with van der Waals surface area (Å²) >= 11 is 0. The van der Waals surface area contributed by atoms with Crippen molar-refractivity contribution in [1.82, 2.24) is 4.90 Å². The van der Waals surface area contributed by atoms with Gasteiger partial charge in [-0.05, 0) is 26.3 Å². The predicted octanol–water partition coefficient (Wildman–Crippen LogP) is 0.164. The Bertz CT molecular complexity index is 182. The van der Waals surface area contributed by atoms with Gasteiger partial charge in [0, 0.05) is 13.1 Å². The van der Waals surface area contributed by atoms with Gasteiger partial charge in [0.15, 0.2) is 0 Å². The Morgan fingerprint density at radius 3 is 2.92 bits per heavy atom. The zero-order valence-electron chi connectivity index (χ0n) is 7.94. The van der Waals surface area contributed by atoms with Crippen molar-refractivity contribution in [2.75, 3.05) is 19.6 Å². The molecular formula is C9H17NO3. The van der Waals surface area contributed by atoms with Gasteiger partial charge < -0.3 is 10.2 Å². The number of β-amino-alcohol motifs (C(OH)–C–C–N with tert-alkyl or cyclic N) is 1. The lowest BCUT2D eigenvalue weighted by atomic mass is 9.98. The van der Waals surface area contributed by atoms with Crippen molar-refractivity contribution in [1.29, 1.82) is 0 Å². The first-order valence-corrected chi connectivity index (χ1v) is 4.73. The Morgan fingerprint density at radius 2 is 2.38 bits per heavy atom. The van der Waals surface area contributed by atoms with Crippen LogP contribution in [0, 0.1) is 5.92 Å². The number of hydrogen-bond donors (Lipinski definition) is 2. The maximum Gasteiger partial charge on any atom is 0.307 e. The van der Waals surface area contributed by atoms with Crippen LogP contribution in [0.25, 0.3) is 0 Å². The number of piperidine rings is 1. The van der Waals surface area contributed by atoms with E-state index in [0.29, 0.717) is 13.1 Å². The molecular weight excluding hydrogens is 170 g/mol. The normalized spacial score (nSPS) is 27.1. The van der Waals surface area contributed by atoms with E-state index in [2.05, 4.69) is 0 Å². The van der Waals surface area contributed by atoms with E-state index in [-0.39, 0.29) is 12.0 Å². The summed E-state index contributed by atoms with van der Waals surface area (Å²) < 4.78 is 0. The molecule has 0 aliphatic carbocycles. The highest BCUT2D eigenvalue weighted by molar-refractivity contribution is 5.70. The van der Waals surface area contributed by atoms with Gasteiger partial charge in [0.05, 0.1) is 12.0 Å². The number of carbonyl (C=O) groups is 1. The van der Waals surface area contributed by atoms with E-state index in [1.165, 1.54) is 0 Å². The van der Waals surface area contributed by atoms with Crippen LogP contribution in [-0.4, -0.2) is 46.8 Å². The number of carboxylic acid groups (broad SMARTS) is 1. The molecule has 1 rings (SSSR count). The van der Waals surface area contributed by atoms with Crippen molar-refractivity contribution in [2.24, 2.45) is 5.92 Å². The lowest BCUT2D eigenvalue weighted by Gasteiger charge is -2.31. The molecule has 0 aromatic carbocycles. The lowest BCUT2D eigenvalue weighted by Crippen LogP contribution is -2.41. The van der Waals surface area contributed by atoms with E-state index in [9.17, 15) is 4.79 Å². The smallest absolute Gasteiger partial charge is 0.307 e. The molecule has 4 nitrogen and oxygen atoms in total. The van der Waals surface area contributed by atoms with Crippen molar-refractivity contribution >= 4 is 5.97 Å². The van der Waals surface area contributed by atoms with Gasteiger partial charge in [-0.1, -0.05) is 0 Å². The van der Waals surface area contributed by atoms with E-state index in [4.69, 9.17) is 10.2 Å². The maximum absolute atomic E-state index is 10.7. The first kappa shape index (κ1) is 10.5. The van der Waals surface area contributed by atoms with Crippen LogP contribution in [0.4, 0.5) is 0 Å². The van der Waals surface area contributed by atoms with Crippen molar-refractivity contribution in [3.8, 4) is 0 Å². The molecule has 2 N–H and O–H groups in total. The lowest BCUT2D eigenvalue weighted by molar-refractivity contribution is -0.143. The number of rotatable bonds is 3. The van der Waals surface area contributed by atoms with Gasteiger partial charge in [-0.25, -0.2) is 0 Å². The van der Waals surface area contributed by atoms with Crippen molar-refractivity contribution in [3.63, 3.8) is 0 Å². The van der Waals surface area contributed by atoms with Gasteiger partial charge in [-0.2, -0.15) is 0 Å². The van der Waals surface area contributed by atoms with Crippen LogP contribution in [0.3, 0.4) is 0 Å². The molecule has 0 unspecified atom stereocenters. The molecule has 0 aromatic rings. The van der Waals surface area contributed by atoms with Crippen molar-refractivity contribution in [3.05, 3.63) is 0 Å². The van der Waals surface area contributed by atoms with Gasteiger partial charge in [0.25, 0.3) is 0 Å². The van der Waals surface area contributed by atoms with Crippen LogP contribution >= 0.6 is 0 Å². The standard InChI is InChI=1S/C9H17NO3/c1-7(11)5-10-4-2-3-8(6-10)9(12)13/h7-8,11H,2-6H2,1H3,(H,12,13)/t7-,8-/m0/s1. The van der Waals surface area contributed by atoms with Gasteiger partial charge in [-0.3, -0.25) is 9.69 Å². The summed E-state index contributed by atoms with van der Waals surface area (Å²) in [5, 5.41) is 17.9. The Labute approximate surface area is 78.2 Å². The topological polar surface area (TPSA) is 60.8 Å². The van der Waals surface area contributed by atoms with Crippen LogP contribution in [0.2, 0.25) is 0 Å². The van der Waals surface area contributed by atoms with Gasteiger partial charge in [0.1, 0.15) is 0 Å². The van der Waals surface area contributed by atoms with Crippen LogP contribution in [-0.2, 0) is 4.79 Å². The fourth-order valence-corrected chi connectivity index (χ4v) is 1.80. The summed E-state index contributed by atoms with van der Waals surface area (Å²) in [6.45, 7) is 3.81. The number of likely N-dealkylation sites (tertiary alicyclic amines) is 1. The molecule has 0 radical (unpaired) electrons. The fourth-order valence-electron chi connectivity index (χ4n) is 1.80. The third-order valence-corrected chi connectivity index (χ3v) is 2.38. The third kappa shape index (κ3) is 3.32. The minimum Gasteiger partial charge on any atom is -0.481 e. The number of aliphatic carboxylic acids is 1. The van der Waals surface area contributed by atoms with E-state index in [0.717, 1.165) is 19.4 Å². The van der Waals surface area contributed by atoms with Crippen LogP contribution in [0.15, 0.2) is 0 Å². The number of aliphatic hydroxyl groups is 1. The van der Waals surface area contributed by atoms with E-state index in [1.54, 1.807) is 6.92 Å². The molecule has 1 aliphatic heterocycles. The van der Waals surface area contributed by atoms with Gasteiger partial charge >= 0.3 is 5.97 Å². The molecule has 0 aromatic heterocycles. The quantitative estimate of drug-likeness (QED) is 0.661. The summed E-state index contributed by atoms with van der Waals surface area (Å²) in [6.07, 6.45) is 1.32. The highest BCUT2D eigenvalue weighted by Gasteiger charge is 2.25. The van der Waals surface area contributed by atoms with E-state index >= 15 is 0 Å². The molecule has 2 atom stereocenters. The Balaban J connectivity index is 2.37. The molecule has 1 fully saturated rings. The summed E-state index contributed by atoms with van der Waals surface area (Å²) in [7, 11) is 0. The highest BCUT2D eigenvalue weighted by atomic mass is 16.4. The summed E-state index contributed by atoms with van der Waals surface area (Å²) in [4.78, 5) is 12.7. The minimum absolute atomic E-state index is 0.243. The molecule has 1 aliphatic rings. The maximum atomic E-state index is 10.7. The minimum atomic E-state index is -0.713.